The van der Waals surface area contributed by atoms with Crippen LogP contribution in [0.3, 0.4) is 0 Å². The number of carbonyl (C=O) groups is 1. The molecule has 2 atom stereocenters. The van der Waals surface area contributed by atoms with Crippen LogP contribution in [0.2, 0.25) is 0 Å². The molecule has 0 aliphatic rings. The van der Waals surface area contributed by atoms with Gasteiger partial charge >= 0.3 is 6.09 Å². The highest BCUT2D eigenvalue weighted by Crippen LogP contribution is 2.30. The lowest BCUT2D eigenvalue weighted by molar-refractivity contribution is 0.165. The monoisotopic (exact) mass is 340 g/mol. The fourth-order valence-electron chi connectivity index (χ4n) is 2.68. The van der Waals surface area contributed by atoms with E-state index < -0.39 is 0 Å². The first-order valence-electron chi connectivity index (χ1n) is 8.73. The lowest BCUT2D eigenvalue weighted by Crippen LogP contribution is -2.29. The molecule has 0 spiro atoms. The molecular formula is C21H28N2O2. The molecule has 0 aromatic heterocycles. The SMILES string of the molecule is CCN(C)C(=O)Oc1cccc(C(C)N(C)C(C)c2ccccc2)c1. The van der Waals surface area contributed by atoms with Crippen molar-refractivity contribution in [2.75, 3.05) is 20.6 Å². The summed E-state index contributed by atoms with van der Waals surface area (Å²) in [7, 11) is 3.84. The zero-order valence-electron chi connectivity index (χ0n) is 15.8. The molecule has 134 valence electrons. The molecule has 2 aromatic carbocycles. The molecule has 4 nitrogen and oxygen atoms in total. The summed E-state index contributed by atoms with van der Waals surface area (Å²) < 4.78 is 5.45. The van der Waals surface area contributed by atoms with E-state index in [-0.39, 0.29) is 18.2 Å². The van der Waals surface area contributed by atoms with Gasteiger partial charge in [0.15, 0.2) is 0 Å². The van der Waals surface area contributed by atoms with E-state index in [1.54, 1.807) is 11.9 Å². The molecule has 2 aromatic rings. The van der Waals surface area contributed by atoms with Crippen LogP contribution in [0.15, 0.2) is 54.6 Å². The van der Waals surface area contributed by atoms with Gasteiger partial charge in [-0.1, -0.05) is 42.5 Å². The number of ether oxygens (including phenoxy) is 1. The highest BCUT2D eigenvalue weighted by Gasteiger charge is 2.19. The predicted molar refractivity (Wildman–Crippen MR) is 102 cm³/mol. The van der Waals surface area contributed by atoms with Crippen molar-refractivity contribution in [1.29, 1.82) is 0 Å². The maximum absolute atomic E-state index is 11.9. The Balaban J connectivity index is 2.12. The molecule has 0 saturated carbocycles. The fraction of sp³-hybridized carbons (Fsp3) is 0.381. The standard InChI is InChI=1S/C21H28N2O2/c1-6-22(4)21(24)25-20-14-10-13-19(15-20)17(3)23(5)16(2)18-11-8-7-9-12-18/h7-17H,6H2,1-5H3. The predicted octanol–water partition coefficient (Wildman–Crippen LogP) is 4.89. The van der Waals surface area contributed by atoms with Crippen LogP contribution in [-0.4, -0.2) is 36.5 Å². The van der Waals surface area contributed by atoms with Crippen molar-refractivity contribution in [3.05, 3.63) is 65.7 Å². The molecular weight excluding hydrogens is 312 g/mol. The van der Waals surface area contributed by atoms with Crippen molar-refractivity contribution >= 4 is 6.09 Å². The number of benzene rings is 2. The third kappa shape index (κ3) is 4.83. The zero-order chi connectivity index (χ0) is 18.4. The number of nitrogens with zero attached hydrogens (tertiary/aromatic N) is 2. The third-order valence-corrected chi connectivity index (χ3v) is 4.84. The van der Waals surface area contributed by atoms with Gasteiger partial charge in [-0.25, -0.2) is 4.79 Å². The Morgan fingerprint density at radius 3 is 2.20 bits per heavy atom. The van der Waals surface area contributed by atoms with Gasteiger partial charge in [0.1, 0.15) is 5.75 Å². The van der Waals surface area contributed by atoms with Gasteiger partial charge in [0, 0.05) is 25.7 Å². The Hall–Kier alpha value is -2.33. The van der Waals surface area contributed by atoms with Crippen molar-refractivity contribution in [2.24, 2.45) is 0 Å². The molecule has 2 unspecified atom stereocenters. The smallest absolute Gasteiger partial charge is 0.410 e. The Morgan fingerprint density at radius 1 is 0.960 bits per heavy atom. The molecule has 0 N–H and O–H groups in total. The molecule has 0 bridgehead atoms. The van der Waals surface area contributed by atoms with Crippen molar-refractivity contribution in [1.82, 2.24) is 9.80 Å². The quantitative estimate of drug-likeness (QED) is 0.750. The van der Waals surface area contributed by atoms with Gasteiger partial charge in [-0.3, -0.25) is 4.90 Å². The normalized spacial score (nSPS) is 13.4. The van der Waals surface area contributed by atoms with Gasteiger partial charge in [0.25, 0.3) is 0 Å². The van der Waals surface area contributed by atoms with E-state index >= 15 is 0 Å². The first-order chi connectivity index (χ1) is 11.9. The van der Waals surface area contributed by atoms with Gasteiger partial charge in [-0.15, -0.1) is 0 Å². The second-order valence-corrected chi connectivity index (χ2v) is 6.38. The molecule has 0 aliphatic carbocycles. The highest BCUT2D eigenvalue weighted by atomic mass is 16.6. The minimum absolute atomic E-state index is 0.192. The van der Waals surface area contributed by atoms with Gasteiger partial charge in [-0.2, -0.15) is 0 Å². The van der Waals surface area contributed by atoms with Crippen LogP contribution in [-0.2, 0) is 0 Å². The first kappa shape index (κ1) is 19.0. The van der Waals surface area contributed by atoms with Crippen LogP contribution in [0.4, 0.5) is 4.79 Å². The zero-order valence-corrected chi connectivity index (χ0v) is 15.8. The van der Waals surface area contributed by atoms with E-state index in [9.17, 15) is 4.79 Å². The highest BCUT2D eigenvalue weighted by molar-refractivity contribution is 5.70. The second-order valence-electron chi connectivity index (χ2n) is 6.38. The average Bonchev–Trinajstić information content (AvgIpc) is 2.66. The molecule has 1 amide bonds. The van der Waals surface area contributed by atoms with Crippen molar-refractivity contribution in [2.45, 2.75) is 32.9 Å². The lowest BCUT2D eigenvalue weighted by Gasteiger charge is -2.31. The second kappa shape index (κ2) is 8.67. The minimum Gasteiger partial charge on any atom is -0.410 e. The summed E-state index contributed by atoms with van der Waals surface area (Å²) >= 11 is 0. The van der Waals surface area contributed by atoms with Crippen LogP contribution in [0.5, 0.6) is 5.75 Å². The summed E-state index contributed by atoms with van der Waals surface area (Å²) in [5, 5.41) is 0. The van der Waals surface area contributed by atoms with Crippen molar-refractivity contribution in [3.63, 3.8) is 0 Å². The molecule has 0 heterocycles. The number of hydrogen-bond donors (Lipinski definition) is 0. The van der Waals surface area contributed by atoms with E-state index in [2.05, 4.69) is 56.1 Å². The molecule has 4 heteroatoms. The van der Waals surface area contributed by atoms with Crippen LogP contribution >= 0.6 is 0 Å². The molecule has 0 aliphatic heterocycles. The Labute approximate surface area is 151 Å². The fourth-order valence-corrected chi connectivity index (χ4v) is 2.68. The van der Waals surface area contributed by atoms with E-state index in [1.807, 2.05) is 31.2 Å². The number of rotatable bonds is 6. The minimum atomic E-state index is -0.335. The number of amides is 1. The van der Waals surface area contributed by atoms with Gasteiger partial charge in [-0.05, 0) is 51.1 Å². The summed E-state index contributed by atoms with van der Waals surface area (Å²) in [6.07, 6.45) is -0.335. The van der Waals surface area contributed by atoms with Crippen LogP contribution in [0.25, 0.3) is 0 Å². The van der Waals surface area contributed by atoms with Crippen molar-refractivity contribution in [3.8, 4) is 5.75 Å². The van der Waals surface area contributed by atoms with Gasteiger partial charge < -0.3 is 9.64 Å². The van der Waals surface area contributed by atoms with E-state index in [0.717, 1.165) is 5.56 Å². The third-order valence-electron chi connectivity index (χ3n) is 4.84. The molecule has 25 heavy (non-hydrogen) atoms. The van der Waals surface area contributed by atoms with Crippen LogP contribution in [0, 0.1) is 0 Å². The van der Waals surface area contributed by atoms with Crippen molar-refractivity contribution < 1.29 is 9.53 Å². The number of carbonyl (C=O) groups excluding carboxylic acids is 1. The summed E-state index contributed by atoms with van der Waals surface area (Å²) in [5.74, 6) is 0.579. The Bertz CT molecular complexity index is 687. The largest absolute Gasteiger partial charge is 0.414 e. The van der Waals surface area contributed by atoms with E-state index in [1.165, 1.54) is 5.56 Å². The first-order valence-corrected chi connectivity index (χ1v) is 8.73. The van der Waals surface area contributed by atoms with Crippen LogP contribution in [0.1, 0.15) is 44.0 Å². The lowest BCUT2D eigenvalue weighted by atomic mass is 10.0. The molecule has 0 fully saturated rings. The summed E-state index contributed by atoms with van der Waals surface area (Å²) in [5.41, 5.74) is 2.40. The molecule has 2 rings (SSSR count). The summed E-state index contributed by atoms with van der Waals surface area (Å²) in [6, 6.07) is 18.7. The summed E-state index contributed by atoms with van der Waals surface area (Å²) in [4.78, 5) is 15.8. The maximum Gasteiger partial charge on any atom is 0.414 e. The van der Waals surface area contributed by atoms with Gasteiger partial charge in [0.05, 0.1) is 0 Å². The molecule has 0 saturated heterocycles. The number of hydrogen-bond acceptors (Lipinski definition) is 3. The maximum atomic E-state index is 11.9. The molecule has 0 radical (unpaired) electrons. The van der Waals surface area contributed by atoms with Gasteiger partial charge in [0.2, 0.25) is 0 Å². The van der Waals surface area contributed by atoms with Crippen LogP contribution < -0.4 is 4.74 Å². The average molecular weight is 340 g/mol. The Morgan fingerprint density at radius 2 is 1.56 bits per heavy atom. The van der Waals surface area contributed by atoms with E-state index in [4.69, 9.17) is 4.74 Å². The summed E-state index contributed by atoms with van der Waals surface area (Å²) in [6.45, 7) is 6.90. The Kier molecular flexibility index (Phi) is 6.59. The van der Waals surface area contributed by atoms with E-state index in [0.29, 0.717) is 12.3 Å². The topological polar surface area (TPSA) is 32.8 Å².